The van der Waals surface area contributed by atoms with E-state index in [-0.39, 0.29) is 18.5 Å². The van der Waals surface area contributed by atoms with Gasteiger partial charge in [0.05, 0.1) is 5.57 Å². The molecule has 1 N–H and O–H groups in total. The number of fused-ring (bicyclic) bond motifs is 1. The van der Waals surface area contributed by atoms with Gasteiger partial charge in [0, 0.05) is 18.2 Å². The molecule has 21 heavy (non-hydrogen) atoms. The van der Waals surface area contributed by atoms with Crippen molar-refractivity contribution in [1.82, 2.24) is 0 Å². The molecule has 1 aliphatic heterocycles. The Morgan fingerprint density at radius 1 is 1.29 bits per heavy atom. The van der Waals surface area contributed by atoms with Crippen molar-refractivity contribution in [3.8, 4) is 0 Å². The molecule has 0 fully saturated rings. The molecule has 2 aromatic rings. The van der Waals surface area contributed by atoms with Gasteiger partial charge in [-0.15, -0.1) is 0 Å². The SMILES string of the molecule is CC(=O)OCc1ccc(C=C2C(=O)Nc3ccccc32)o1. The van der Waals surface area contributed by atoms with Crippen molar-refractivity contribution in [1.29, 1.82) is 0 Å². The number of esters is 1. The molecule has 0 saturated carbocycles. The Balaban J connectivity index is 1.85. The molecule has 3 rings (SSSR count). The van der Waals surface area contributed by atoms with Crippen molar-refractivity contribution in [2.24, 2.45) is 0 Å². The lowest BCUT2D eigenvalue weighted by molar-refractivity contribution is -0.142. The van der Waals surface area contributed by atoms with E-state index in [2.05, 4.69) is 5.32 Å². The second kappa shape index (κ2) is 5.28. The quantitative estimate of drug-likeness (QED) is 0.694. The van der Waals surface area contributed by atoms with Crippen molar-refractivity contribution in [2.45, 2.75) is 13.5 Å². The summed E-state index contributed by atoms with van der Waals surface area (Å²) in [5, 5.41) is 2.80. The van der Waals surface area contributed by atoms with Crippen molar-refractivity contribution < 1.29 is 18.7 Å². The van der Waals surface area contributed by atoms with Gasteiger partial charge in [-0.05, 0) is 24.3 Å². The van der Waals surface area contributed by atoms with E-state index in [9.17, 15) is 9.59 Å². The number of anilines is 1. The largest absolute Gasteiger partial charge is 0.458 e. The summed E-state index contributed by atoms with van der Waals surface area (Å²) in [7, 11) is 0. The number of carbonyl (C=O) groups excluding carboxylic acids is 2. The van der Waals surface area contributed by atoms with Crippen LogP contribution in [0.15, 0.2) is 40.8 Å². The van der Waals surface area contributed by atoms with E-state index in [1.54, 1.807) is 18.2 Å². The summed E-state index contributed by atoms with van der Waals surface area (Å²) >= 11 is 0. The van der Waals surface area contributed by atoms with Crippen LogP contribution in [0.5, 0.6) is 0 Å². The fourth-order valence-corrected chi connectivity index (χ4v) is 2.15. The van der Waals surface area contributed by atoms with Gasteiger partial charge >= 0.3 is 5.97 Å². The molecule has 5 heteroatoms. The Morgan fingerprint density at radius 2 is 2.10 bits per heavy atom. The zero-order valence-corrected chi connectivity index (χ0v) is 11.4. The average molecular weight is 283 g/mol. The van der Waals surface area contributed by atoms with Crippen molar-refractivity contribution >= 4 is 29.2 Å². The second-order valence-corrected chi connectivity index (χ2v) is 4.64. The first-order valence-electron chi connectivity index (χ1n) is 6.48. The van der Waals surface area contributed by atoms with Gasteiger partial charge in [0.15, 0.2) is 0 Å². The molecule has 0 unspecified atom stereocenters. The molecule has 5 nitrogen and oxygen atoms in total. The van der Waals surface area contributed by atoms with Crippen molar-refractivity contribution in [3.63, 3.8) is 0 Å². The standard InChI is InChI=1S/C16H13NO4/c1-10(18)20-9-12-7-6-11(21-12)8-14-13-4-2-3-5-15(13)17-16(14)19/h2-8H,9H2,1H3,(H,17,19). The van der Waals surface area contributed by atoms with Gasteiger partial charge in [-0.2, -0.15) is 0 Å². The van der Waals surface area contributed by atoms with E-state index in [4.69, 9.17) is 9.15 Å². The van der Waals surface area contributed by atoms with E-state index >= 15 is 0 Å². The predicted octanol–water partition coefficient (Wildman–Crippen LogP) is 2.84. The average Bonchev–Trinajstić information content (AvgIpc) is 3.02. The molecule has 0 saturated heterocycles. The second-order valence-electron chi connectivity index (χ2n) is 4.64. The zero-order chi connectivity index (χ0) is 14.8. The Bertz CT molecular complexity index is 742. The smallest absolute Gasteiger partial charge is 0.303 e. The third-order valence-electron chi connectivity index (χ3n) is 3.10. The van der Waals surface area contributed by atoms with Crippen LogP contribution in [0.1, 0.15) is 24.0 Å². The number of hydrogen-bond donors (Lipinski definition) is 1. The Morgan fingerprint density at radius 3 is 2.90 bits per heavy atom. The van der Waals surface area contributed by atoms with E-state index in [1.165, 1.54) is 6.92 Å². The lowest BCUT2D eigenvalue weighted by Crippen LogP contribution is -2.03. The fourth-order valence-electron chi connectivity index (χ4n) is 2.15. The summed E-state index contributed by atoms with van der Waals surface area (Å²) in [6, 6.07) is 10.9. The number of hydrogen-bond acceptors (Lipinski definition) is 4. The molecule has 1 amide bonds. The third-order valence-corrected chi connectivity index (χ3v) is 3.10. The molecule has 0 radical (unpaired) electrons. The summed E-state index contributed by atoms with van der Waals surface area (Å²) < 4.78 is 10.4. The Labute approximate surface area is 121 Å². The Kier molecular flexibility index (Phi) is 3.31. The minimum atomic E-state index is -0.365. The highest BCUT2D eigenvalue weighted by molar-refractivity contribution is 6.34. The molecule has 1 aliphatic rings. The third kappa shape index (κ3) is 2.72. The number of carbonyl (C=O) groups is 2. The lowest BCUT2D eigenvalue weighted by Gasteiger charge is -1.98. The minimum Gasteiger partial charge on any atom is -0.458 e. The highest BCUT2D eigenvalue weighted by Crippen LogP contribution is 2.32. The summed E-state index contributed by atoms with van der Waals surface area (Å²) in [5.41, 5.74) is 2.19. The molecule has 0 spiro atoms. The number of para-hydroxylation sites is 1. The van der Waals surface area contributed by atoms with Crippen LogP contribution in [0.3, 0.4) is 0 Å². The minimum absolute atomic E-state index is 0.0846. The maximum absolute atomic E-state index is 12.0. The molecule has 0 bridgehead atoms. The van der Waals surface area contributed by atoms with Crippen LogP contribution < -0.4 is 5.32 Å². The maximum Gasteiger partial charge on any atom is 0.303 e. The predicted molar refractivity (Wildman–Crippen MR) is 77.1 cm³/mol. The number of furan rings is 1. The van der Waals surface area contributed by atoms with Crippen LogP contribution in [-0.2, 0) is 20.9 Å². The van der Waals surface area contributed by atoms with E-state index < -0.39 is 0 Å². The summed E-state index contributed by atoms with van der Waals surface area (Å²) in [5.74, 6) is 0.548. The van der Waals surface area contributed by atoms with E-state index in [0.717, 1.165) is 11.3 Å². The first kappa shape index (κ1) is 13.2. The van der Waals surface area contributed by atoms with Crippen LogP contribution in [0.4, 0.5) is 5.69 Å². The van der Waals surface area contributed by atoms with Crippen LogP contribution in [0, 0.1) is 0 Å². The van der Waals surface area contributed by atoms with Gasteiger partial charge in [-0.1, -0.05) is 18.2 Å². The normalized spacial score (nSPS) is 14.9. The van der Waals surface area contributed by atoms with Gasteiger partial charge in [0.1, 0.15) is 18.1 Å². The number of ether oxygens (including phenoxy) is 1. The summed E-state index contributed by atoms with van der Waals surface area (Å²) in [6.07, 6.45) is 1.68. The highest BCUT2D eigenvalue weighted by Gasteiger charge is 2.23. The molecule has 106 valence electrons. The lowest BCUT2D eigenvalue weighted by atomic mass is 10.1. The Hall–Kier alpha value is -2.82. The van der Waals surface area contributed by atoms with Crippen LogP contribution in [0.2, 0.25) is 0 Å². The van der Waals surface area contributed by atoms with Gasteiger partial charge in [0.2, 0.25) is 0 Å². The number of benzene rings is 1. The van der Waals surface area contributed by atoms with Gasteiger partial charge < -0.3 is 14.5 Å². The molecule has 2 heterocycles. The van der Waals surface area contributed by atoms with Gasteiger partial charge in [0.25, 0.3) is 5.91 Å². The van der Waals surface area contributed by atoms with Gasteiger partial charge in [-0.3, -0.25) is 9.59 Å². The molecule has 0 aliphatic carbocycles. The molecular weight excluding hydrogens is 270 g/mol. The van der Waals surface area contributed by atoms with Crippen molar-refractivity contribution in [2.75, 3.05) is 5.32 Å². The molecule has 1 aromatic carbocycles. The van der Waals surface area contributed by atoms with Crippen molar-refractivity contribution in [3.05, 3.63) is 53.5 Å². The van der Waals surface area contributed by atoms with Crippen LogP contribution >= 0.6 is 0 Å². The zero-order valence-electron chi connectivity index (χ0n) is 11.4. The maximum atomic E-state index is 12.0. The summed E-state index contributed by atoms with van der Waals surface area (Å²) in [6.45, 7) is 1.42. The van der Waals surface area contributed by atoms with Crippen LogP contribution in [-0.4, -0.2) is 11.9 Å². The first-order valence-corrected chi connectivity index (χ1v) is 6.48. The first-order chi connectivity index (χ1) is 10.1. The molecule has 0 atom stereocenters. The fraction of sp³-hybridized carbons (Fsp3) is 0.125. The summed E-state index contributed by atoms with van der Waals surface area (Å²) in [4.78, 5) is 22.7. The van der Waals surface area contributed by atoms with E-state index in [0.29, 0.717) is 17.1 Å². The number of rotatable bonds is 3. The van der Waals surface area contributed by atoms with Gasteiger partial charge in [-0.25, -0.2) is 0 Å². The van der Waals surface area contributed by atoms with E-state index in [1.807, 2.05) is 24.3 Å². The topological polar surface area (TPSA) is 68.5 Å². The number of amides is 1. The van der Waals surface area contributed by atoms with Crippen LogP contribution in [0.25, 0.3) is 11.6 Å². The monoisotopic (exact) mass is 283 g/mol. The molecular formula is C16H13NO4. The molecule has 1 aromatic heterocycles. The highest BCUT2D eigenvalue weighted by atomic mass is 16.5. The number of nitrogens with one attached hydrogen (secondary N) is 1.